The molecule has 0 bridgehead atoms. The Morgan fingerprint density at radius 1 is 1.25 bits per heavy atom. The minimum Gasteiger partial charge on any atom is -0.478 e. The second-order valence-electron chi connectivity index (χ2n) is 2.80. The zero-order valence-electron chi connectivity index (χ0n) is 7.74. The highest BCUT2D eigenvalue weighted by Gasteiger charge is 2.42. The molecule has 88 valence electrons. The van der Waals surface area contributed by atoms with Crippen molar-refractivity contribution in [1.82, 2.24) is 9.78 Å². The van der Waals surface area contributed by atoms with Crippen molar-refractivity contribution in [2.75, 3.05) is 0 Å². The summed E-state index contributed by atoms with van der Waals surface area (Å²) in [5, 5.41) is 20.0. The quantitative estimate of drug-likeness (QED) is 0.796. The van der Waals surface area contributed by atoms with E-state index in [4.69, 9.17) is 10.2 Å². The highest BCUT2D eigenvalue weighted by molar-refractivity contribution is 6.01. The van der Waals surface area contributed by atoms with E-state index in [0.717, 1.165) is 7.05 Å². The van der Waals surface area contributed by atoms with Crippen molar-refractivity contribution in [3.8, 4) is 0 Å². The van der Waals surface area contributed by atoms with Crippen molar-refractivity contribution in [1.29, 1.82) is 0 Å². The molecule has 9 heteroatoms. The van der Waals surface area contributed by atoms with Gasteiger partial charge in [-0.25, -0.2) is 9.59 Å². The topological polar surface area (TPSA) is 92.4 Å². The SMILES string of the molecule is Cn1nc(C(F)(F)F)c(C(=O)O)c1C(=O)O. The van der Waals surface area contributed by atoms with Crippen LogP contribution in [0.15, 0.2) is 0 Å². The molecule has 0 aliphatic rings. The van der Waals surface area contributed by atoms with Gasteiger partial charge in [0, 0.05) is 7.05 Å². The molecule has 1 heterocycles. The number of carboxylic acids is 2. The van der Waals surface area contributed by atoms with Crippen LogP contribution in [0.3, 0.4) is 0 Å². The Bertz CT molecular complexity index is 463. The van der Waals surface area contributed by atoms with Crippen LogP contribution in [0.25, 0.3) is 0 Å². The standard InChI is InChI=1S/C7H5F3N2O4/c1-12-3(6(15)16)2(5(13)14)4(11-12)7(8,9)10/h1H3,(H,13,14)(H,15,16). The van der Waals surface area contributed by atoms with Gasteiger partial charge in [0.2, 0.25) is 0 Å². The van der Waals surface area contributed by atoms with Crippen LogP contribution >= 0.6 is 0 Å². The lowest BCUT2D eigenvalue weighted by molar-refractivity contribution is -0.141. The fourth-order valence-corrected chi connectivity index (χ4v) is 1.17. The van der Waals surface area contributed by atoms with E-state index < -0.39 is 35.1 Å². The molecule has 1 aromatic heterocycles. The summed E-state index contributed by atoms with van der Waals surface area (Å²) in [5.74, 6) is -3.78. The Morgan fingerprint density at radius 3 is 2.06 bits per heavy atom. The van der Waals surface area contributed by atoms with E-state index in [1.54, 1.807) is 0 Å². The molecule has 0 saturated heterocycles. The third-order valence-corrected chi connectivity index (χ3v) is 1.73. The number of carboxylic acid groups (broad SMARTS) is 2. The van der Waals surface area contributed by atoms with Crippen LogP contribution in [-0.2, 0) is 13.2 Å². The zero-order chi connectivity index (χ0) is 12.7. The van der Waals surface area contributed by atoms with E-state index in [9.17, 15) is 22.8 Å². The molecule has 6 nitrogen and oxygen atoms in total. The van der Waals surface area contributed by atoms with Gasteiger partial charge in [0.25, 0.3) is 0 Å². The Kier molecular flexibility index (Phi) is 2.63. The summed E-state index contributed by atoms with van der Waals surface area (Å²) in [6, 6.07) is 0. The fourth-order valence-electron chi connectivity index (χ4n) is 1.17. The molecular formula is C7H5F3N2O4. The number of hydrogen-bond acceptors (Lipinski definition) is 3. The molecule has 1 rings (SSSR count). The van der Waals surface area contributed by atoms with Crippen LogP contribution in [0.2, 0.25) is 0 Å². The Balaban J connectivity index is 3.60. The number of nitrogens with zero attached hydrogens (tertiary/aromatic N) is 2. The summed E-state index contributed by atoms with van der Waals surface area (Å²) >= 11 is 0. The average Bonchev–Trinajstić information content (AvgIpc) is 2.41. The molecule has 0 amide bonds. The first-order valence-electron chi connectivity index (χ1n) is 3.77. The van der Waals surface area contributed by atoms with Crippen molar-refractivity contribution in [3.05, 3.63) is 17.0 Å². The highest BCUT2D eigenvalue weighted by atomic mass is 19.4. The monoisotopic (exact) mass is 238 g/mol. The number of alkyl halides is 3. The number of aromatic nitrogens is 2. The zero-order valence-corrected chi connectivity index (χ0v) is 7.74. The van der Waals surface area contributed by atoms with Crippen LogP contribution in [0.4, 0.5) is 13.2 Å². The summed E-state index contributed by atoms with van der Waals surface area (Å²) in [4.78, 5) is 21.2. The second kappa shape index (κ2) is 3.51. The summed E-state index contributed by atoms with van der Waals surface area (Å²) in [6.45, 7) is 0. The maximum Gasteiger partial charge on any atom is 0.436 e. The summed E-state index contributed by atoms with van der Waals surface area (Å²) in [6.07, 6.45) is -5.01. The third-order valence-electron chi connectivity index (χ3n) is 1.73. The molecule has 0 aromatic carbocycles. The number of aryl methyl sites for hydroxylation is 1. The van der Waals surface area contributed by atoms with Gasteiger partial charge in [-0.2, -0.15) is 18.3 Å². The number of rotatable bonds is 2. The normalized spacial score (nSPS) is 11.5. The smallest absolute Gasteiger partial charge is 0.436 e. The molecule has 0 spiro atoms. The Morgan fingerprint density at radius 2 is 1.75 bits per heavy atom. The third kappa shape index (κ3) is 1.83. The van der Waals surface area contributed by atoms with Crippen molar-refractivity contribution in [2.45, 2.75) is 6.18 Å². The predicted octanol–water partition coefficient (Wildman–Crippen LogP) is 0.835. The summed E-state index contributed by atoms with van der Waals surface area (Å²) in [7, 11) is 0.922. The molecule has 0 atom stereocenters. The maximum absolute atomic E-state index is 12.3. The predicted molar refractivity (Wildman–Crippen MR) is 42.1 cm³/mol. The molecule has 0 aliphatic heterocycles. The molecule has 0 saturated carbocycles. The lowest BCUT2D eigenvalue weighted by Gasteiger charge is -2.02. The van der Waals surface area contributed by atoms with E-state index in [2.05, 4.69) is 5.10 Å². The van der Waals surface area contributed by atoms with Crippen LogP contribution in [0.5, 0.6) is 0 Å². The van der Waals surface area contributed by atoms with E-state index in [0.29, 0.717) is 4.68 Å². The Hall–Kier alpha value is -2.06. The molecule has 0 radical (unpaired) electrons. The Labute approximate surface area is 85.9 Å². The fraction of sp³-hybridized carbons (Fsp3) is 0.286. The lowest BCUT2D eigenvalue weighted by Crippen LogP contribution is -2.14. The van der Waals surface area contributed by atoms with Gasteiger partial charge in [-0.1, -0.05) is 0 Å². The first kappa shape index (κ1) is 12.0. The van der Waals surface area contributed by atoms with Crippen molar-refractivity contribution < 1.29 is 33.0 Å². The van der Waals surface area contributed by atoms with Crippen LogP contribution in [-0.4, -0.2) is 31.9 Å². The molecule has 0 fully saturated rings. The minimum atomic E-state index is -5.01. The lowest BCUT2D eigenvalue weighted by atomic mass is 10.1. The van der Waals surface area contributed by atoms with Crippen LogP contribution < -0.4 is 0 Å². The molecule has 0 unspecified atom stereocenters. The van der Waals surface area contributed by atoms with E-state index in [1.165, 1.54) is 0 Å². The molecule has 0 aliphatic carbocycles. The van der Waals surface area contributed by atoms with Gasteiger partial charge in [-0.3, -0.25) is 4.68 Å². The molecule has 16 heavy (non-hydrogen) atoms. The van der Waals surface area contributed by atoms with Crippen molar-refractivity contribution >= 4 is 11.9 Å². The maximum atomic E-state index is 12.3. The average molecular weight is 238 g/mol. The van der Waals surface area contributed by atoms with Gasteiger partial charge < -0.3 is 10.2 Å². The first-order chi connectivity index (χ1) is 7.16. The first-order valence-corrected chi connectivity index (χ1v) is 3.77. The van der Waals surface area contributed by atoms with Gasteiger partial charge in [-0.05, 0) is 0 Å². The van der Waals surface area contributed by atoms with E-state index in [-0.39, 0.29) is 0 Å². The van der Waals surface area contributed by atoms with Crippen LogP contribution in [0.1, 0.15) is 26.5 Å². The van der Waals surface area contributed by atoms with Gasteiger partial charge in [-0.15, -0.1) is 0 Å². The van der Waals surface area contributed by atoms with Crippen molar-refractivity contribution in [2.24, 2.45) is 7.05 Å². The van der Waals surface area contributed by atoms with Crippen molar-refractivity contribution in [3.63, 3.8) is 0 Å². The number of hydrogen-bond donors (Lipinski definition) is 2. The largest absolute Gasteiger partial charge is 0.478 e. The molecular weight excluding hydrogens is 233 g/mol. The van der Waals surface area contributed by atoms with Gasteiger partial charge in [0.05, 0.1) is 0 Å². The van der Waals surface area contributed by atoms with Gasteiger partial charge >= 0.3 is 18.1 Å². The van der Waals surface area contributed by atoms with Gasteiger partial charge in [0.15, 0.2) is 11.4 Å². The number of aromatic carboxylic acids is 2. The van der Waals surface area contributed by atoms with E-state index >= 15 is 0 Å². The summed E-state index contributed by atoms with van der Waals surface area (Å²) < 4.78 is 37.4. The van der Waals surface area contributed by atoms with E-state index in [1.807, 2.05) is 0 Å². The van der Waals surface area contributed by atoms with Gasteiger partial charge in [0.1, 0.15) is 5.56 Å². The molecule has 2 N–H and O–H groups in total. The molecule has 1 aromatic rings. The second-order valence-corrected chi connectivity index (χ2v) is 2.80. The minimum absolute atomic E-state index is 0.370. The summed E-state index contributed by atoms with van der Waals surface area (Å²) in [5.41, 5.74) is -4.10. The van der Waals surface area contributed by atoms with Crippen LogP contribution in [0, 0.1) is 0 Å². The highest BCUT2D eigenvalue weighted by Crippen LogP contribution is 2.32. The number of carbonyl (C=O) groups is 2. The number of halogens is 3.